The van der Waals surface area contributed by atoms with Gasteiger partial charge in [0.25, 0.3) is 11.8 Å². The fourth-order valence-electron chi connectivity index (χ4n) is 3.09. The molecule has 0 saturated heterocycles. The molecule has 0 aliphatic rings. The van der Waals surface area contributed by atoms with E-state index in [9.17, 15) is 9.59 Å². The summed E-state index contributed by atoms with van der Waals surface area (Å²) in [5.74, 6) is 0.228. The van der Waals surface area contributed by atoms with Crippen LogP contribution in [-0.4, -0.2) is 25.5 Å². The van der Waals surface area contributed by atoms with E-state index < -0.39 is 0 Å². The van der Waals surface area contributed by atoms with E-state index in [1.165, 1.54) is 0 Å². The molecule has 0 aromatic heterocycles. The lowest BCUT2D eigenvalue weighted by Crippen LogP contribution is -2.30. The molecule has 3 aromatic rings. The summed E-state index contributed by atoms with van der Waals surface area (Å²) < 4.78 is 5.30. The van der Waals surface area contributed by atoms with Crippen molar-refractivity contribution < 1.29 is 14.3 Å². The number of hydrogen-bond donors (Lipinski definition) is 1. The molecule has 0 radical (unpaired) electrons. The maximum atomic E-state index is 12.9. The quantitative estimate of drug-likeness (QED) is 0.652. The van der Waals surface area contributed by atoms with E-state index in [-0.39, 0.29) is 11.8 Å². The van der Waals surface area contributed by atoms with Gasteiger partial charge in [-0.1, -0.05) is 24.3 Å². The molecule has 1 N–H and O–H groups in total. The molecule has 0 saturated carbocycles. The number of nitrogens with zero attached hydrogens (tertiary/aromatic N) is 1. The third-order valence-corrected chi connectivity index (χ3v) is 4.63. The zero-order chi connectivity index (χ0) is 20.8. The van der Waals surface area contributed by atoms with E-state index in [4.69, 9.17) is 4.74 Å². The maximum Gasteiger partial charge on any atom is 0.258 e. The Morgan fingerprint density at radius 1 is 0.931 bits per heavy atom. The fraction of sp³-hybridized carbons (Fsp3) is 0.167. The predicted octanol–water partition coefficient (Wildman–Crippen LogP) is 4.92. The van der Waals surface area contributed by atoms with Crippen LogP contribution in [0.25, 0.3) is 0 Å². The molecule has 29 heavy (non-hydrogen) atoms. The third kappa shape index (κ3) is 4.63. The van der Waals surface area contributed by atoms with Gasteiger partial charge in [-0.05, 0) is 67.9 Å². The molecule has 5 heteroatoms. The molecule has 0 aliphatic heterocycles. The van der Waals surface area contributed by atoms with Gasteiger partial charge in [-0.15, -0.1) is 0 Å². The van der Waals surface area contributed by atoms with E-state index in [0.29, 0.717) is 29.1 Å². The lowest BCUT2D eigenvalue weighted by molar-refractivity contribution is 0.0985. The highest BCUT2D eigenvalue weighted by Gasteiger charge is 2.17. The number of rotatable bonds is 6. The van der Waals surface area contributed by atoms with Crippen molar-refractivity contribution in [3.05, 3.63) is 89.5 Å². The van der Waals surface area contributed by atoms with Gasteiger partial charge < -0.3 is 15.0 Å². The van der Waals surface area contributed by atoms with E-state index in [1.807, 2.05) is 62.4 Å². The average Bonchev–Trinajstić information content (AvgIpc) is 2.75. The number of anilines is 2. The van der Waals surface area contributed by atoms with Crippen molar-refractivity contribution in [1.29, 1.82) is 0 Å². The van der Waals surface area contributed by atoms with Crippen LogP contribution in [0.1, 0.15) is 33.2 Å². The van der Waals surface area contributed by atoms with E-state index in [1.54, 1.807) is 36.3 Å². The highest BCUT2D eigenvalue weighted by atomic mass is 16.5. The van der Waals surface area contributed by atoms with Crippen LogP contribution in [0, 0.1) is 6.92 Å². The van der Waals surface area contributed by atoms with Gasteiger partial charge in [0, 0.05) is 23.4 Å². The maximum absolute atomic E-state index is 12.9. The second-order valence-electron chi connectivity index (χ2n) is 6.62. The van der Waals surface area contributed by atoms with E-state index >= 15 is 0 Å². The van der Waals surface area contributed by atoms with Crippen molar-refractivity contribution in [1.82, 2.24) is 0 Å². The third-order valence-electron chi connectivity index (χ3n) is 4.63. The summed E-state index contributed by atoms with van der Waals surface area (Å²) in [4.78, 5) is 27.2. The van der Waals surface area contributed by atoms with Crippen molar-refractivity contribution >= 4 is 23.2 Å². The lowest BCUT2D eigenvalue weighted by atomic mass is 10.1. The van der Waals surface area contributed by atoms with Gasteiger partial charge in [0.1, 0.15) is 5.75 Å². The first-order valence-corrected chi connectivity index (χ1v) is 9.46. The molecule has 0 spiro atoms. The number of ether oxygens (including phenoxy) is 1. The summed E-state index contributed by atoms with van der Waals surface area (Å²) in [6, 6.07) is 21.8. The summed E-state index contributed by atoms with van der Waals surface area (Å²) in [6.07, 6.45) is 0. The topological polar surface area (TPSA) is 58.6 Å². The number of carbonyl (C=O) groups is 2. The minimum atomic E-state index is -0.261. The molecule has 0 fully saturated rings. The SMILES string of the molecule is CCN(C(=O)c1ccc(C(=O)Nc2cc(C)ccc2OC)cc1)c1ccccc1. The van der Waals surface area contributed by atoms with E-state index in [2.05, 4.69) is 5.32 Å². The number of amides is 2. The van der Waals surface area contributed by atoms with Crippen molar-refractivity contribution in [2.24, 2.45) is 0 Å². The molecule has 0 aliphatic carbocycles. The number of nitrogens with one attached hydrogen (secondary N) is 1. The first-order chi connectivity index (χ1) is 14.0. The van der Waals surface area contributed by atoms with Crippen LogP contribution in [0.4, 0.5) is 11.4 Å². The first kappa shape index (κ1) is 20.1. The highest BCUT2D eigenvalue weighted by Crippen LogP contribution is 2.26. The van der Waals surface area contributed by atoms with Crippen LogP contribution in [0.15, 0.2) is 72.8 Å². The Balaban J connectivity index is 1.77. The van der Waals surface area contributed by atoms with Crippen LogP contribution in [0.5, 0.6) is 5.75 Å². The Morgan fingerprint density at radius 2 is 1.59 bits per heavy atom. The van der Waals surface area contributed by atoms with Crippen LogP contribution in [0.3, 0.4) is 0 Å². The fourth-order valence-corrected chi connectivity index (χ4v) is 3.09. The normalized spacial score (nSPS) is 10.3. The molecule has 2 amide bonds. The summed E-state index contributed by atoms with van der Waals surface area (Å²) in [5, 5.41) is 2.87. The number of aryl methyl sites for hydroxylation is 1. The van der Waals surface area contributed by atoms with Gasteiger partial charge in [0.2, 0.25) is 0 Å². The number of methoxy groups -OCH3 is 1. The van der Waals surface area contributed by atoms with Gasteiger partial charge in [0.15, 0.2) is 0 Å². The monoisotopic (exact) mass is 388 g/mol. The molecule has 5 nitrogen and oxygen atoms in total. The van der Waals surface area contributed by atoms with Crippen molar-refractivity contribution in [3.63, 3.8) is 0 Å². The molecular weight excluding hydrogens is 364 g/mol. The number of benzene rings is 3. The molecular formula is C24H24N2O3. The Morgan fingerprint density at radius 3 is 2.21 bits per heavy atom. The molecule has 0 unspecified atom stereocenters. The summed E-state index contributed by atoms with van der Waals surface area (Å²) in [6.45, 7) is 4.43. The minimum Gasteiger partial charge on any atom is -0.495 e. The Labute approximate surface area is 170 Å². The number of carbonyl (C=O) groups excluding carboxylic acids is 2. The van der Waals surface area contributed by atoms with Gasteiger partial charge in [0.05, 0.1) is 12.8 Å². The molecule has 148 valence electrons. The highest BCUT2D eigenvalue weighted by molar-refractivity contribution is 6.08. The molecule has 3 rings (SSSR count). The average molecular weight is 388 g/mol. The second kappa shape index (κ2) is 9.06. The zero-order valence-electron chi connectivity index (χ0n) is 16.8. The second-order valence-corrected chi connectivity index (χ2v) is 6.62. The standard InChI is InChI=1S/C24H24N2O3/c1-4-26(20-8-6-5-7-9-20)24(28)19-13-11-18(12-14-19)23(27)25-21-16-17(2)10-15-22(21)29-3/h5-16H,4H2,1-3H3,(H,25,27). The minimum absolute atomic E-state index is 0.106. The van der Waals surface area contributed by atoms with Gasteiger partial charge >= 0.3 is 0 Å². The Bertz CT molecular complexity index is 998. The molecule has 3 aromatic carbocycles. The first-order valence-electron chi connectivity index (χ1n) is 9.46. The van der Waals surface area contributed by atoms with Crippen LogP contribution < -0.4 is 15.0 Å². The summed E-state index contributed by atoms with van der Waals surface area (Å²) >= 11 is 0. The predicted molar refractivity (Wildman–Crippen MR) is 116 cm³/mol. The van der Waals surface area contributed by atoms with Crippen LogP contribution >= 0.6 is 0 Å². The molecule has 0 heterocycles. The lowest BCUT2D eigenvalue weighted by Gasteiger charge is -2.21. The van der Waals surface area contributed by atoms with E-state index in [0.717, 1.165) is 11.3 Å². The van der Waals surface area contributed by atoms with Crippen LogP contribution in [0.2, 0.25) is 0 Å². The Kier molecular flexibility index (Phi) is 6.29. The Hall–Kier alpha value is -3.60. The zero-order valence-corrected chi connectivity index (χ0v) is 16.8. The van der Waals surface area contributed by atoms with Crippen LogP contribution in [-0.2, 0) is 0 Å². The smallest absolute Gasteiger partial charge is 0.258 e. The summed E-state index contributed by atoms with van der Waals surface area (Å²) in [5.41, 5.74) is 3.46. The largest absolute Gasteiger partial charge is 0.495 e. The van der Waals surface area contributed by atoms with Gasteiger partial charge in [-0.3, -0.25) is 9.59 Å². The summed E-state index contributed by atoms with van der Waals surface area (Å²) in [7, 11) is 1.56. The molecule has 0 bridgehead atoms. The van der Waals surface area contributed by atoms with Crippen molar-refractivity contribution in [2.75, 3.05) is 23.9 Å². The number of hydrogen-bond acceptors (Lipinski definition) is 3. The van der Waals surface area contributed by atoms with Crippen molar-refractivity contribution in [2.45, 2.75) is 13.8 Å². The van der Waals surface area contributed by atoms with Gasteiger partial charge in [-0.2, -0.15) is 0 Å². The molecule has 0 atom stereocenters. The van der Waals surface area contributed by atoms with Crippen molar-refractivity contribution in [3.8, 4) is 5.75 Å². The van der Waals surface area contributed by atoms with Gasteiger partial charge in [-0.25, -0.2) is 0 Å². The number of para-hydroxylation sites is 1.